The van der Waals surface area contributed by atoms with Crippen molar-refractivity contribution in [2.45, 2.75) is 20.8 Å². The maximum absolute atomic E-state index is 12.5. The van der Waals surface area contributed by atoms with Crippen LogP contribution >= 0.6 is 0 Å². The predicted molar refractivity (Wildman–Crippen MR) is 122 cm³/mol. The highest BCUT2D eigenvalue weighted by Gasteiger charge is 2.23. The van der Waals surface area contributed by atoms with Crippen molar-refractivity contribution in [3.05, 3.63) is 98.9 Å². The highest BCUT2D eigenvalue weighted by Crippen LogP contribution is 2.30. The van der Waals surface area contributed by atoms with Gasteiger partial charge in [0.1, 0.15) is 11.5 Å². The van der Waals surface area contributed by atoms with Crippen LogP contribution in [0.5, 0.6) is 5.75 Å². The molecule has 0 bridgehead atoms. The van der Waals surface area contributed by atoms with Crippen LogP contribution in [0.25, 0.3) is 17.5 Å². The second kappa shape index (κ2) is 8.55. The van der Waals surface area contributed by atoms with E-state index in [1.807, 2.05) is 61.7 Å². The van der Waals surface area contributed by atoms with Gasteiger partial charge in [0, 0.05) is 29.1 Å². The van der Waals surface area contributed by atoms with Crippen LogP contribution < -0.4 is 4.74 Å². The Morgan fingerprint density at radius 2 is 1.88 bits per heavy atom. The summed E-state index contributed by atoms with van der Waals surface area (Å²) in [6, 6.07) is 15.8. The number of aromatic nitrogens is 1. The van der Waals surface area contributed by atoms with Gasteiger partial charge in [0.2, 0.25) is 0 Å². The van der Waals surface area contributed by atoms with Gasteiger partial charge in [-0.15, -0.1) is 0 Å². The first-order valence-electron chi connectivity index (χ1n) is 10.2. The molecule has 0 unspecified atom stereocenters. The highest BCUT2D eigenvalue weighted by atomic mass is 16.6. The molecule has 3 aromatic rings. The molecule has 0 spiro atoms. The Hall–Kier alpha value is -4.13. The molecule has 0 radical (unpaired) electrons. The standard InChI is InChI=1S/C25H22N2O5/c1-4-31-23-10-8-18(9-11-23)24-14-20(25(28)32-24)13-19-12-16(2)26(17(19)3)21-6-5-7-22(15-21)27(29)30/h5-15H,4H2,1-3H3/b20-13-. The van der Waals surface area contributed by atoms with Gasteiger partial charge in [-0.2, -0.15) is 0 Å². The highest BCUT2D eigenvalue weighted by molar-refractivity contribution is 6.05. The first kappa shape index (κ1) is 21.1. The van der Waals surface area contributed by atoms with E-state index in [1.54, 1.807) is 18.2 Å². The molecule has 0 fully saturated rings. The van der Waals surface area contributed by atoms with Crippen molar-refractivity contribution in [1.82, 2.24) is 4.57 Å². The van der Waals surface area contributed by atoms with Crippen molar-refractivity contribution in [2.24, 2.45) is 0 Å². The summed E-state index contributed by atoms with van der Waals surface area (Å²) in [4.78, 5) is 23.2. The second-order valence-electron chi connectivity index (χ2n) is 7.39. The molecule has 162 valence electrons. The Kier molecular flexibility index (Phi) is 5.64. The van der Waals surface area contributed by atoms with Gasteiger partial charge in [-0.3, -0.25) is 10.1 Å². The Morgan fingerprint density at radius 1 is 1.12 bits per heavy atom. The molecule has 0 saturated carbocycles. The molecule has 0 aliphatic carbocycles. The lowest BCUT2D eigenvalue weighted by Crippen LogP contribution is -2.00. The van der Waals surface area contributed by atoms with Gasteiger partial charge in [0.25, 0.3) is 5.69 Å². The monoisotopic (exact) mass is 430 g/mol. The molecule has 7 heteroatoms. The molecule has 1 aliphatic rings. The number of non-ortho nitro benzene ring substituents is 1. The van der Waals surface area contributed by atoms with Crippen LogP contribution in [0.15, 0.2) is 66.2 Å². The fourth-order valence-electron chi connectivity index (χ4n) is 3.76. The smallest absolute Gasteiger partial charge is 0.343 e. The SMILES string of the molecule is CCOc1ccc(C2=C/C(=C/c3cc(C)n(-c4cccc([N+](=O)[O-])c4)c3C)C(=O)O2)cc1. The number of rotatable bonds is 6. The van der Waals surface area contributed by atoms with Crippen LogP contribution in [-0.2, 0) is 9.53 Å². The van der Waals surface area contributed by atoms with Gasteiger partial charge >= 0.3 is 5.97 Å². The quantitative estimate of drug-likeness (QED) is 0.227. The number of nitro groups is 1. The summed E-state index contributed by atoms with van der Waals surface area (Å²) >= 11 is 0. The molecule has 32 heavy (non-hydrogen) atoms. The fourth-order valence-corrected chi connectivity index (χ4v) is 3.76. The molecule has 2 heterocycles. The number of hydrogen-bond donors (Lipinski definition) is 0. The van der Waals surface area contributed by atoms with E-state index in [0.717, 1.165) is 28.3 Å². The van der Waals surface area contributed by atoms with E-state index in [9.17, 15) is 14.9 Å². The van der Waals surface area contributed by atoms with E-state index in [2.05, 4.69) is 0 Å². The van der Waals surface area contributed by atoms with Crippen LogP contribution in [0, 0.1) is 24.0 Å². The summed E-state index contributed by atoms with van der Waals surface area (Å²) in [5, 5.41) is 11.1. The van der Waals surface area contributed by atoms with E-state index in [0.29, 0.717) is 23.6 Å². The lowest BCUT2D eigenvalue weighted by atomic mass is 10.1. The number of carbonyl (C=O) groups excluding carboxylic acids is 1. The average molecular weight is 430 g/mol. The van der Waals surface area contributed by atoms with Crippen molar-refractivity contribution in [3.63, 3.8) is 0 Å². The molecule has 0 amide bonds. The van der Waals surface area contributed by atoms with Gasteiger partial charge in [-0.1, -0.05) is 6.07 Å². The van der Waals surface area contributed by atoms with Crippen molar-refractivity contribution >= 4 is 23.5 Å². The topological polar surface area (TPSA) is 83.6 Å². The van der Waals surface area contributed by atoms with Crippen molar-refractivity contribution in [1.29, 1.82) is 0 Å². The Balaban J connectivity index is 1.67. The minimum Gasteiger partial charge on any atom is -0.494 e. The Labute approximate surface area is 185 Å². The predicted octanol–water partition coefficient (Wildman–Crippen LogP) is 5.38. The average Bonchev–Trinajstić information content (AvgIpc) is 3.27. The summed E-state index contributed by atoms with van der Waals surface area (Å²) in [6.07, 6.45) is 3.50. The number of carbonyl (C=O) groups is 1. The lowest BCUT2D eigenvalue weighted by molar-refractivity contribution is -0.384. The third kappa shape index (κ3) is 4.05. The molecular formula is C25H22N2O5. The zero-order chi connectivity index (χ0) is 22.8. The van der Waals surface area contributed by atoms with Crippen molar-refractivity contribution in [2.75, 3.05) is 6.61 Å². The molecular weight excluding hydrogens is 408 g/mol. The van der Waals surface area contributed by atoms with Gasteiger partial charge in [0.15, 0.2) is 0 Å². The molecule has 2 aromatic carbocycles. The second-order valence-corrected chi connectivity index (χ2v) is 7.39. The van der Waals surface area contributed by atoms with Crippen molar-refractivity contribution < 1.29 is 19.2 Å². The zero-order valence-corrected chi connectivity index (χ0v) is 18.0. The fraction of sp³-hybridized carbons (Fsp3) is 0.160. The molecule has 0 atom stereocenters. The minimum absolute atomic E-state index is 0.0252. The van der Waals surface area contributed by atoms with Crippen LogP contribution in [0.4, 0.5) is 5.69 Å². The van der Waals surface area contributed by atoms with E-state index in [-0.39, 0.29) is 5.69 Å². The van der Waals surface area contributed by atoms with Gasteiger partial charge in [-0.25, -0.2) is 4.79 Å². The van der Waals surface area contributed by atoms with E-state index >= 15 is 0 Å². The third-order valence-electron chi connectivity index (χ3n) is 5.25. The zero-order valence-electron chi connectivity index (χ0n) is 18.0. The number of benzene rings is 2. The number of nitro benzene ring substituents is 1. The van der Waals surface area contributed by atoms with Gasteiger partial charge in [-0.05, 0) is 74.9 Å². The molecule has 0 saturated heterocycles. The van der Waals surface area contributed by atoms with Crippen LogP contribution in [-0.4, -0.2) is 22.1 Å². The number of aryl methyl sites for hydroxylation is 1. The summed E-state index contributed by atoms with van der Waals surface area (Å²) in [6.45, 7) is 6.33. The Bertz CT molecular complexity index is 1270. The first-order valence-corrected chi connectivity index (χ1v) is 10.2. The number of ether oxygens (including phenoxy) is 2. The first-order chi connectivity index (χ1) is 15.4. The number of nitrogens with zero attached hydrogens (tertiary/aromatic N) is 2. The summed E-state index contributed by atoms with van der Waals surface area (Å²) in [7, 11) is 0. The maximum Gasteiger partial charge on any atom is 0.343 e. The summed E-state index contributed by atoms with van der Waals surface area (Å²) < 4.78 is 12.8. The van der Waals surface area contributed by atoms with Crippen LogP contribution in [0.2, 0.25) is 0 Å². The Morgan fingerprint density at radius 3 is 2.56 bits per heavy atom. The van der Waals surface area contributed by atoms with Crippen LogP contribution in [0.3, 0.4) is 0 Å². The van der Waals surface area contributed by atoms with Crippen LogP contribution in [0.1, 0.15) is 29.4 Å². The molecule has 4 rings (SSSR count). The lowest BCUT2D eigenvalue weighted by Gasteiger charge is -2.09. The van der Waals surface area contributed by atoms with Crippen molar-refractivity contribution in [3.8, 4) is 11.4 Å². The van der Waals surface area contributed by atoms with Gasteiger partial charge < -0.3 is 14.0 Å². The third-order valence-corrected chi connectivity index (χ3v) is 5.25. The molecule has 0 N–H and O–H groups in total. The summed E-state index contributed by atoms with van der Waals surface area (Å²) in [5.74, 6) is 0.816. The molecule has 1 aromatic heterocycles. The number of hydrogen-bond acceptors (Lipinski definition) is 5. The van der Waals surface area contributed by atoms with E-state index in [1.165, 1.54) is 12.1 Å². The number of esters is 1. The molecule has 7 nitrogen and oxygen atoms in total. The van der Waals surface area contributed by atoms with E-state index in [4.69, 9.17) is 9.47 Å². The van der Waals surface area contributed by atoms with E-state index < -0.39 is 10.9 Å². The minimum atomic E-state index is -0.422. The number of cyclic esters (lactones) is 1. The van der Waals surface area contributed by atoms with Gasteiger partial charge in [0.05, 0.1) is 22.8 Å². The normalized spacial score (nSPS) is 14.4. The largest absolute Gasteiger partial charge is 0.494 e. The molecule has 1 aliphatic heterocycles. The maximum atomic E-state index is 12.5. The summed E-state index contributed by atoms with van der Waals surface area (Å²) in [5.41, 5.74) is 4.55.